The Bertz CT molecular complexity index is 1550. The Labute approximate surface area is 235 Å². The first-order chi connectivity index (χ1) is 18.9. The molecular weight excluding hydrogens is 528 g/mol. The molecule has 1 N–H and O–H groups in total. The van der Waals surface area contributed by atoms with Gasteiger partial charge in [0.1, 0.15) is 10.7 Å². The number of aryl methyl sites for hydroxylation is 1. The van der Waals surface area contributed by atoms with E-state index < -0.39 is 15.9 Å². The summed E-state index contributed by atoms with van der Waals surface area (Å²) in [7, 11) is -4.07. The van der Waals surface area contributed by atoms with Crippen LogP contribution in [0.5, 0.6) is 5.88 Å². The normalized spacial score (nSPS) is 22.8. The first-order valence-corrected chi connectivity index (χ1v) is 15.6. The summed E-state index contributed by atoms with van der Waals surface area (Å²) in [4.78, 5) is 20.7. The maximum atomic E-state index is 13.6. The number of aromatic nitrogens is 4. The lowest BCUT2D eigenvalue weighted by atomic mass is 9.93. The van der Waals surface area contributed by atoms with Crippen LogP contribution in [0.1, 0.15) is 75.3 Å². The molecule has 0 spiro atoms. The van der Waals surface area contributed by atoms with Gasteiger partial charge in [-0.3, -0.25) is 4.79 Å². The van der Waals surface area contributed by atoms with Crippen molar-refractivity contribution in [1.82, 2.24) is 24.1 Å². The zero-order valence-corrected chi connectivity index (χ0v) is 24.5. The highest BCUT2D eigenvalue weighted by Gasteiger charge is 2.41. The number of ether oxygens (including phenoxy) is 1. The van der Waals surface area contributed by atoms with E-state index in [1.54, 1.807) is 42.2 Å². The SMILES string of the molecule is Cc1c2ccn1CCCC1CN(c3nc(-n4ccc(OCCC5(C)CC5)n4)ccc3C(=O)NS2(=O)=O)C(C)(C)C1. The molecule has 5 heterocycles. The second-order valence-electron chi connectivity index (χ2n) is 12.6. The first-order valence-electron chi connectivity index (χ1n) is 14.1. The molecule has 11 heteroatoms. The Morgan fingerprint density at radius 1 is 1.12 bits per heavy atom. The number of fused-ring (bicyclic) bond motifs is 6. The van der Waals surface area contributed by atoms with E-state index >= 15 is 0 Å². The Morgan fingerprint density at radius 3 is 2.70 bits per heavy atom. The molecule has 1 atom stereocenters. The van der Waals surface area contributed by atoms with E-state index in [0.29, 0.717) is 41.1 Å². The van der Waals surface area contributed by atoms with E-state index in [-0.39, 0.29) is 16.0 Å². The van der Waals surface area contributed by atoms with E-state index in [1.807, 2.05) is 10.6 Å². The van der Waals surface area contributed by atoms with Crippen LogP contribution in [0.4, 0.5) is 5.82 Å². The van der Waals surface area contributed by atoms with E-state index in [0.717, 1.165) is 38.8 Å². The average molecular weight is 567 g/mol. The Balaban J connectivity index is 1.35. The molecule has 40 heavy (non-hydrogen) atoms. The summed E-state index contributed by atoms with van der Waals surface area (Å²) >= 11 is 0. The van der Waals surface area contributed by atoms with Crippen LogP contribution in [0.2, 0.25) is 0 Å². The lowest BCUT2D eigenvalue weighted by Crippen LogP contribution is -2.41. The molecule has 4 bridgehead atoms. The van der Waals surface area contributed by atoms with Crippen molar-refractivity contribution in [3.63, 3.8) is 0 Å². The standard InChI is InChI=1S/C29H38N6O4S/c1-20-23-9-15-33(20)14-5-6-21-18-28(2,3)34(19-21)26-22(27(36)32-40(23,37)38)7-8-24(30-26)35-16-10-25(31-35)39-17-13-29(4)11-12-29/h7-10,15-16,21H,5-6,11-14,17-19H2,1-4H3,(H,32,36). The molecule has 3 aromatic heterocycles. The van der Waals surface area contributed by atoms with Gasteiger partial charge in [-0.25, -0.2) is 22.8 Å². The third-order valence-corrected chi connectivity index (χ3v) is 10.4. The van der Waals surface area contributed by atoms with Gasteiger partial charge in [-0.1, -0.05) is 6.92 Å². The number of amides is 1. The first kappa shape index (κ1) is 26.9. The van der Waals surface area contributed by atoms with Crippen LogP contribution < -0.4 is 14.4 Å². The molecule has 1 saturated heterocycles. The molecule has 214 valence electrons. The summed E-state index contributed by atoms with van der Waals surface area (Å²) in [5.74, 6) is 1.25. The van der Waals surface area contributed by atoms with Crippen LogP contribution in [0.15, 0.2) is 41.6 Å². The van der Waals surface area contributed by atoms with Crippen molar-refractivity contribution >= 4 is 21.7 Å². The third-order valence-electron chi connectivity index (χ3n) is 8.90. The maximum absolute atomic E-state index is 13.6. The number of carbonyl (C=O) groups is 1. The number of hydrogen-bond donors (Lipinski definition) is 1. The van der Waals surface area contributed by atoms with Crippen LogP contribution in [-0.2, 0) is 16.6 Å². The summed E-state index contributed by atoms with van der Waals surface area (Å²) in [5, 5.41) is 4.57. The lowest BCUT2D eigenvalue weighted by Gasteiger charge is -2.34. The minimum Gasteiger partial charge on any atom is -0.477 e. The molecular formula is C29H38N6O4S. The zero-order valence-electron chi connectivity index (χ0n) is 23.7. The largest absolute Gasteiger partial charge is 0.477 e. The summed E-state index contributed by atoms with van der Waals surface area (Å²) < 4.78 is 38.3. The number of sulfonamides is 1. The highest BCUT2D eigenvalue weighted by molar-refractivity contribution is 7.90. The van der Waals surface area contributed by atoms with Gasteiger partial charge < -0.3 is 14.2 Å². The fourth-order valence-electron chi connectivity index (χ4n) is 6.12. The summed E-state index contributed by atoms with van der Waals surface area (Å²) in [6.45, 7) is 10.4. The number of rotatable bonds is 5. The molecule has 2 fully saturated rings. The Morgan fingerprint density at radius 2 is 1.93 bits per heavy atom. The number of carbonyl (C=O) groups excluding carboxylic acids is 1. The molecule has 1 saturated carbocycles. The van der Waals surface area contributed by atoms with E-state index in [4.69, 9.17) is 9.72 Å². The molecule has 2 aliphatic heterocycles. The molecule has 0 aromatic carbocycles. The van der Waals surface area contributed by atoms with Gasteiger partial charge in [-0.2, -0.15) is 0 Å². The fourth-order valence-corrected chi connectivity index (χ4v) is 7.33. The van der Waals surface area contributed by atoms with Gasteiger partial charge in [-0.15, -0.1) is 5.10 Å². The summed E-state index contributed by atoms with van der Waals surface area (Å²) in [5.41, 5.74) is 0.987. The average Bonchev–Trinajstić information content (AvgIpc) is 3.19. The van der Waals surface area contributed by atoms with Crippen molar-refractivity contribution < 1.29 is 17.9 Å². The van der Waals surface area contributed by atoms with Gasteiger partial charge >= 0.3 is 0 Å². The second kappa shape index (κ2) is 9.64. The monoisotopic (exact) mass is 566 g/mol. The second-order valence-corrected chi connectivity index (χ2v) is 14.2. The van der Waals surface area contributed by atoms with Gasteiger partial charge in [0, 0.05) is 42.8 Å². The number of hydrogen-bond acceptors (Lipinski definition) is 7. The van der Waals surface area contributed by atoms with Gasteiger partial charge in [0.2, 0.25) is 5.88 Å². The Kier molecular flexibility index (Phi) is 6.47. The smallest absolute Gasteiger partial charge is 0.268 e. The van der Waals surface area contributed by atoms with Gasteiger partial charge in [0.25, 0.3) is 15.9 Å². The van der Waals surface area contributed by atoms with Gasteiger partial charge in [0.15, 0.2) is 5.82 Å². The van der Waals surface area contributed by atoms with Crippen LogP contribution in [0.25, 0.3) is 5.82 Å². The zero-order chi connectivity index (χ0) is 28.3. The summed E-state index contributed by atoms with van der Waals surface area (Å²) in [6, 6.07) is 6.71. The predicted octanol–water partition coefficient (Wildman–Crippen LogP) is 4.46. The third kappa shape index (κ3) is 5.11. The van der Waals surface area contributed by atoms with Crippen molar-refractivity contribution in [3.8, 4) is 11.7 Å². The summed E-state index contributed by atoms with van der Waals surface area (Å²) in [6.07, 6.45) is 9.97. The van der Waals surface area contributed by atoms with Crippen molar-refractivity contribution in [2.24, 2.45) is 11.3 Å². The molecule has 1 unspecified atom stereocenters. The van der Waals surface area contributed by atoms with E-state index in [1.165, 1.54) is 12.8 Å². The quantitative estimate of drug-likeness (QED) is 0.485. The molecule has 6 rings (SSSR count). The molecule has 10 nitrogen and oxygen atoms in total. The van der Waals surface area contributed by atoms with Crippen LogP contribution in [-0.4, -0.2) is 52.3 Å². The minimum atomic E-state index is -4.07. The topological polar surface area (TPSA) is 111 Å². The van der Waals surface area contributed by atoms with Crippen LogP contribution in [0.3, 0.4) is 0 Å². The van der Waals surface area contributed by atoms with Gasteiger partial charge in [-0.05, 0) is 88.8 Å². The van der Waals surface area contributed by atoms with Crippen molar-refractivity contribution in [2.45, 2.75) is 83.2 Å². The van der Waals surface area contributed by atoms with E-state index in [2.05, 4.69) is 35.5 Å². The Hall–Kier alpha value is -3.34. The highest BCUT2D eigenvalue weighted by atomic mass is 32.2. The number of nitrogens with one attached hydrogen (secondary N) is 1. The van der Waals surface area contributed by atoms with Crippen LogP contribution >= 0.6 is 0 Å². The molecule has 1 amide bonds. The number of pyridine rings is 1. The predicted molar refractivity (Wildman–Crippen MR) is 151 cm³/mol. The van der Waals surface area contributed by atoms with Gasteiger partial charge in [0.05, 0.1) is 12.2 Å². The number of nitrogens with zero attached hydrogens (tertiary/aromatic N) is 5. The lowest BCUT2D eigenvalue weighted by molar-refractivity contribution is 0.0981. The number of anilines is 1. The minimum absolute atomic E-state index is 0.118. The maximum Gasteiger partial charge on any atom is 0.268 e. The van der Waals surface area contributed by atoms with Crippen molar-refractivity contribution in [3.05, 3.63) is 47.9 Å². The van der Waals surface area contributed by atoms with Crippen molar-refractivity contribution in [2.75, 3.05) is 18.1 Å². The molecule has 3 aliphatic rings. The molecule has 3 aromatic rings. The van der Waals surface area contributed by atoms with Crippen LogP contribution in [0, 0.1) is 18.3 Å². The van der Waals surface area contributed by atoms with E-state index in [9.17, 15) is 13.2 Å². The fraction of sp³-hybridized carbons (Fsp3) is 0.552. The van der Waals surface area contributed by atoms with Crippen molar-refractivity contribution in [1.29, 1.82) is 0 Å². The molecule has 0 radical (unpaired) electrons. The highest BCUT2D eigenvalue weighted by Crippen LogP contribution is 2.48. The molecule has 1 aliphatic carbocycles.